The van der Waals surface area contributed by atoms with Crippen molar-refractivity contribution in [3.05, 3.63) is 237 Å². The number of hydrogen-bond acceptors (Lipinski definition) is 20. The summed E-state index contributed by atoms with van der Waals surface area (Å²) in [5, 5.41) is 27.5. The SMILES string of the molecule is COC(=O)CCCCCN1C=CC=C2C1=N/C(=C/C=C1\C[N+](C)(C)CC(/C=C/C3=Nc4c(ccc[n+]4CCCCCC(=O)O)C3(C)C)=C1Cl)C2(C)C.COC(=O)CCCCCN1C=CC=C2C1=N/C(=C/C=C1\C[N+](C)(C)CC(/C=C/C3=Nc4c(ccc[n+]4CCCCCC(=O)O)C3(C)C)=C1Oc1ccc(S(=O)(=O)[O-])cc1)C2(C)C.IC(I)I.ICI.O=S(=O)([O-])c1ccc(O)cc1.[I-].[I-].[Na+].[Na+]. The second-order valence-electron chi connectivity index (χ2n) is 36.3. The zero-order valence-electron chi connectivity index (χ0n) is 80.4. The van der Waals surface area contributed by atoms with Crippen molar-refractivity contribution < 1.29 is 200 Å². The first-order chi connectivity index (χ1) is 62.1. The molecule has 3 N–H and O–H groups in total. The largest absolute Gasteiger partial charge is 1.00 e. The van der Waals surface area contributed by atoms with Gasteiger partial charge in [-0.15, -0.1) is 0 Å². The molecule has 0 unspecified atom stereocenters. The van der Waals surface area contributed by atoms with Gasteiger partial charge in [-0.05, 0) is 229 Å². The maximum absolute atomic E-state index is 11.8. The van der Waals surface area contributed by atoms with Crippen LogP contribution in [-0.4, -0.2) is 191 Å². The molecule has 0 spiro atoms. The molecular formula is C98H124ClI7N10Na2O16S2+2. The minimum atomic E-state index is -4.64. The third-order valence-corrected chi connectivity index (χ3v) is 25.9. The van der Waals surface area contributed by atoms with Gasteiger partial charge in [-0.2, -0.15) is 0 Å². The van der Waals surface area contributed by atoms with Gasteiger partial charge in [-0.1, -0.05) is 183 Å². The van der Waals surface area contributed by atoms with Gasteiger partial charge in [0.15, 0.2) is 11.4 Å². The maximum Gasteiger partial charge on any atom is 1.00 e. The Morgan fingerprint density at radius 2 is 0.890 bits per heavy atom. The molecule has 730 valence electrons. The number of pyridine rings is 2. The summed E-state index contributed by atoms with van der Waals surface area (Å²) in [5.74, 6) is 2.88. The molecule has 0 amide bonds. The smallest absolute Gasteiger partial charge is 1.00 e. The molecule has 8 aliphatic heterocycles. The summed E-state index contributed by atoms with van der Waals surface area (Å²) in [4.78, 5) is 69.4. The number of carbonyl (C=O) groups is 4. The van der Waals surface area contributed by atoms with Gasteiger partial charge in [-0.3, -0.25) is 19.2 Å². The fraction of sp³-hybridized carbons (Fsp3) is 0.449. The van der Waals surface area contributed by atoms with Crippen molar-refractivity contribution in [2.24, 2.45) is 30.8 Å². The van der Waals surface area contributed by atoms with Gasteiger partial charge in [0.25, 0.3) is 0 Å². The van der Waals surface area contributed by atoms with Crippen LogP contribution in [0.3, 0.4) is 0 Å². The number of halogens is 8. The van der Waals surface area contributed by atoms with Gasteiger partial charge in [0, 0.05) is 95.4 Å². The number of carboxylic acid groups (broad SMARTS) is 2. The van der Waals surface area contributed by atoms with Crippen LogP contribution in [0.5, 0.6) is 11.5 Å². The Balaban J connectivity index is 0.000000472. The second kappa shape index (κ2) is 57.4. The Labute approximate surface area is 955 Å². The fourth-order valence-corrected chi connectivity index (χ4v) is 17.6. The van der Waals surface area contributed by atoms with Crippen molar-refractivity contribution in [1.29, 1.82) is 0 Å². The summed E-state index contributed by atoms with van der Waals surface area (Å²) in [7, 11) is 2.63. The number of ether oxygens (including phenoxy) is 3. The Kier molecular flexibility index (Phi) is 52.7. The average molecular weight is 2730 g/mol. The van der Waals surface area contributed by atoms with Gasteiger partial charge < -0.3 is 105 Å². The number of unbranched alkanes of at least 4 members (excludes halogenated alkanes) is 8. The number of aliphatic imine (C=N–C) groups is 4. The number of esters is 2. The number of methoxy groups -OCH3 is 2. The monoisotopic (exact) mass is 2730 g/mol. The number of alkyl halides is 5. The van der Waals surface area contributed by atoms with Crippen LogP contribution in [0.25, 0.3) is 0 Å². The quantitative estimate of drug-likeness (QED) is 0.00580. The van der Waals surface area contributed by atoms with Crippen molar-refractivity contribution in [2.75, 3.05) is 84.1 Å². The zero-order valence-corrected chi connectivity index (χ0v) is 102. The number of aliphatic carboxylic acids is 2. The number of quaternary nitrogens is 2. The molecule has 136 heavy (non-hydrogen) atoms. The van der Waals surface area contributed by atoms with Crippen molar-refractivity contribution in [3.8, 4) is 11.5 Å². The first-order valence-electron chi connectivity index (χ1n) is 43.9. The van der Waals surface area contributed by atoms with E-state index in [1.165, 1.54) is 52.1 Å². The topological polar surface area (TPSA) is 335 Å². The number of nitrogens with zero attached hydrogens (tertiary/aromatic N) is 10. The minimum Gasteiger partial charge on any atom is -1.00 e. The predicted molar refractivity (Wildman–Crippen MR) is 561 cm³/mol. The molecule has 26 nitrogen and oxygen atoms in total. The summed E-state index contributed by atoms with van der Waals surface area (Å²) in [6.07, 6.45) is 44.9. The summed E-state index contributed by atoms with van der Waals surface area (Å²) in [6.45, 7) is 23.6. The van der Waals surface area contributed by atoms with Crippen LogP contribution in [0.2, 0.25) is 0 Å². The Morgan fingerprint density at radius 1 is 0.522 bits per heavy atom. The second-order valence-corrected chi connectivity index (χ2v) is 54.8. The van der Waals surface area contributed by atoms with Gasteiger partial charge in [0.1, 0.15) is 75.3 Å². The molecule has 0 fully saturated rings. The summed E-state index contributed by atoms with van der Waals surface area (Å²) in [5.41, 5.74) is 11.1. The molecule has 12 rings (SSSR count). The number of hydrogen-bond donors (Lipinski definition) is 3. The molecule has 4 aromatic rings. The molecule has 10 heterocycles. The number of likely N-dealkylation sites (N-methyl/N-ethyl adjacent to an activating group) is 2. The van der Waals surface area contributed by atoms with E-state index in [-0.39, 0.29) is 164 Å². The molecule has 0 saturated heterocycles. The predicted octanol–water partition coefficient (Wildman–Crippen LogP) is 8.16. The molecule has 8 aliphatic rings. The van der Waals surface area contributed by atoms with Crippen molar-refractivity contribution in [3.63, 3.8) is 0 Å². The van der Waals surface area contributed by atoms with E-state index >= 15 is 0 Å². The number of amidine groups is 2. The molecule has 0 radical (unpaired) electrons. The van der Waals surface area contributed by atoms with E-state index in [2.05, 4.69) is 325 Å². The Bertz CT molecular complexity index is 5660. The summed E-state index contributed by atoms with van der Waals surface area (Å²) < 4.78 is 90.1. The molecule has 2 aromatic carbocycles. The van der Waals surface area contributed by atoms with Crippen molar-refractivity contribution in [1.82, 2.24) is 9.80 Å². The van der Waals surface area contributed by atoms with Gasteiger partial charge in [-0.25, -0.2) is 36.0 Å². The number of phenolic OH excluding ortho intramolecular Hbond substituents is 1. The van der Waals surface area contributed by atoms with Crippen LogP contribution in [0.4, 0.5) is 11.6 Å². The molecule has 0 saturated carbocycles. The Hall–Kier alpha value is -3.48. The average Bonchev–Trinajstić information content (AvgIpc) is 1.63. The van der Waals surface area contributed by atoms with Gasteiger partial charge in [0.2, 0.25) is 0 Å². The number of benzene rings is 2. The zero-order chi connectivity index (χ0) is 97.3. The number of rotatable bonds is 34. The number of allylic oxidation sites excluding steroid dienone is 12. The first kappa shape index (κ1) is 125. The van der Waals surface area contributed by atoms with Crippen molar-refractivity contribution in [2.45, 2.75) is 192 Å². The van der Waals surface area contributed by atoms with Gasteiger partial charge in [0.05, 0.1) is 119 Å². The summed E-state index contributed by atoms with van der Waals surface area (Å²) in [6, 6.07) is 18.3. The van der Waals surface area contributed by atoms with E-state index in [0.29, 0.717) is 54.8 Å². The molecule has 2 aromatic heterocycles. The van der Waals surface area contributed by atoms with E-state index in [9.17, 15) is 45.1 Å². The normalized spacial score (nSPS) is 18.6. The number of aryl methyl sites for hydroxylation is 2. The van der Waals surface area contributed by atoms with Crippen LogP contribution in [-0.2, 0) is 72.8 Å². The maximum atomic E-state index is 11.8. The van der Waals surface area contributed by atoms with Crippen LogP contribution >= 0.6 is 125 Å². The van der Waals surface area contributed by atoms with E-state index in [1.807, 2.05) is 12.3 Å². The molecule has 0 bridgehead atoms. The number of aromatic nitrogens is 2. The van der Waals surface area contributed by atoms with E-state index < -0.39 is 37.6 Å². The molecule has 0 aliphatic carbocycles. The third kappa shape index (κ3) is 36.6. The van der Waals surface area contributed by atoms with Gasteiger partial charge >= 0.3 is 94.6 Å². The molecular weight excluding hydrogens is 2610 g/mol. The number of carbonyl (C=O) groups excluding carboxylic acids is 2. The number of carboxylic acids is 2. The standard InChI is InChI=1S/C48H59N5O8S.C42H55ClN5O4.C6H6O4S.CHI3.CH2I2.2HI.2Na/c1-47(2)38-16-14-30-51(28-12-8-10-18-42(54)55)45(38)49-40(47)26-20-34-32-53(5,6)33-35(44(34)61-36-22-24-37(25-23-36)62(57,58)59)21-27-41-48(3,4)39-17-15-31-52(46(39)50-41)29-13-9-11-19-43(56)60-7;1-41(2)32-16-14-26-46(24-12-8-10-18-36(49)50)39(32)44-34(41)22-20-30-28-48(5,6)29-31(38(30)43)21-23-35-42(3,4)33-17-15-27-47(40(33)45-35)25-13-9-11-19-37(51)52-7;7-5-1-3-6(4-2-5)11(8,9)10;2-1(3)4;2-1-3;;;;/h14-17,20-27,30-31H,8-13,18-19,28-29,32-33H2,1-7H3;14-17,20-23,26-27H,8-13,18-19,24-25,28-29H2,1-7H3;1-4,7H,(H,8,9,10);1H;1H2;2*1H;;/q;+1;;;;;;2*+1/p-1. The number of phenols is 1. The third-order valence-electron chi connectivity index (χ3n) is 23.7. The van der Waals surface area contributed by atoms with Crippen LogP contribution in [0.15, 0.2) is 256 Å². The fourth-order valence-electron chi connectivity index (χ4n) is 16.4. The first-order valence-corrected chi connectivity index (χ1v) is 53.9. The molecule has 38 heteroatoms. The number of fused-ring (bicyclic) bond motifs is 4. The van der Waals surface area contributed by atoms with Crippen LogP contribution in [0.1, 0.15) is 169 Å². The van der Waals surface area contributed by atoms with E-state index in [4.69, 9.17) is 61.1 Å². The molecule has 0 atom stereocenters. The van der Waals surface area contributed by atoms with E-state index in [0.717, 1.165) is 217 Å². The minimum absolute atomic E-state index is 0. The number of aromatic hydroxyl groups is 1. The van der Waals surface area contributed by atoms with Crippen molar-refractivity contribution >= 4 is 203 Å². The summed E-state index contributed by atoms with van der Waals surface area (Å²) >= 11 is 18.7. The van der Waals surface area contributed by atoms with E-state index in [1.54, 1.807) is 0 Å². The van der Waals surface area contributed by atoms with Crippen LogP contribution in [0, 0.1) is 10.8 Å². The Morgan fingerprint density at radius 3 is 1.29 bits per heavy atom. The van der Waals surface area contributed by atoms with Crippen LogP contribution < -0.4 is 121 Å².